The van der Waals surface area contributed by atoms with Crippen LogP contribution < -0.4 is 11.1 Å². The fourth-order valence-electron chi connectivity index (χ4n) is 2.31. The summed E-state index contributed by atoms with van der Waals surface area (Å²) < 4.78 is 0. The molecule has 1 amide bonds. The standard InChI is InChI=1S/C15H22N4OS/c1-5-9-10(6-2)18-19-15-11(9)12(16)13(21-15)14(20)17-7-8(3)4/h8H,5-7,16H2,1-4H3,(H,17,20). The van der Waals surface area contributed by atoms with E-state index in [-0.39, 0.29) is 5.91 Å². The van der Waals surface area contributed by atoms with Crippen LogP contribution in [0.1, 0.15) is 48.6 Å². The molecule has 0 fully saturated rings. The second-order valence-electron chi connectivity index (χ2n) is 5.46. The van der Waals surface area contributed by atoms with Crippen molar-refractivity contribution in [2.45, 2.75) is 40.5 Å². The Hall–Kier alpha value is -1.69. The first-order valence-electron chi connectivity index (χ1n) is 7.34. The summed E-state index contributed by atoms with van der Waals surface area (Å²) in [4.78, 5) is 13.6. The lowest BCUT2D eigenvalue weighted by Gasteiger charge is -2.07. The highest BCUT2D eigenvalue weighted by atomic mass is 32.1. The summed E-state index contributed by atoms with van der Waals surface area (Å²) >= 11 is 1.32. The van der Waals surface area contributed by atoms with E-state index in [0.29, 0.717) is 23.0 Å². The van der Waals surface area contributed by atoms with E-state index in [1.807, 2.05) is 6.92 Å². The van der Waals surface area contributed by atoms with Crippen LogP contribution in [-0.4, -0.2) is 22.6 Å². The summed E-state index contributed by atoms with van der Waals surface area (Å²) in [5.74, 6) is 0.284. The second-order valence-corrected chi connectivity index (χ2v) is 6.46. The van der Waals surface area contributed by atoms with Gasteiger partial charge in [-0.15, -0.1) is 16.4 Å². The number of carbonyl (C=O) groups is 1. The third-order valence-electron chi connectivity index (χ3n) is 3.40. The minimum Gasteiger partial charge on any atom is -0.397 e. The van der Waals surface area contributed by atoms with Gasteiger partial charge in [0, 0.05) is 11.9 Å². The molecule has 6 heteroatoms. The Labute approximate surface area is 128 Å². The summed E-state index contributed by atoms with van der Waals surface area (Å²) in [7, 11) is 0. The van der Waals surface area contributed by atoms with Gasteiger partial charge in [0.2, 0.25) is 0 Å². The third-order valence-corrected chi connectivity index (χ3v) is 4.49. The molecule has 114 valence electrons. The Morgan fingerprint density at radius 3 is 2.57 bits per heavy atom. The Bertz CT molecular complexity index is 663. The number of aromatic nitrogens is 2. The van der Waals surface area contributed by atoms with E-state index in [9.17, 15) is 4.79 Å². The molecule has 0 bridgehead atoms. The molecule has 3 N–H and O–H groups in total. The van der Waals surface area contributed by atoms with Crippen LogP contribution in [0.4, 0.5) is 5.69 Å². The fourth-order valence-corrected chi connectivity index (χ4v) is 3.30. The molecule has 2 aromatic heterocycles. The van der Waals surface area contributed by atoms with Gasteiger partial charge >= 0.3 is 0 Å². The normalized spacial score (nSPS) is 11.3. The summed E-state index contributed by atoms with van der Waals surface area (Å²) in [5.41, 5.74) is 8.84. The van der Waals surface area contributed by atoms with Crippen LogP contribution in [-0.2, 0) is 12.8 Å². The molecule has 0 unspecified atom stereocenters. The molecule has 0 saturated heterocycles. The molecule has 0 saturated carbocycles. The highest BCUT2D eigenvalue weighted by Gasteiger charge is 2.21. The molecule has 0 spiro atoms. The maximum atomic E-state index is 12.3. The fraction of sp³-hybridized carbons (Fsp3) is 0.533. The quantitative estimate of drug-likeness (QED) is 0.890. The average molecular weight is 306 g/mol. The number of hydrogen-bond donors (Lipinski definition) is 2. The number of thiophene rings is 1. The first-order valence-corrected chi connectivity index (χ1v) is 8.15. The van der Waals surface area contributed by atoms with E-state index < -0.39 is 0 Å². The highest BCUT2D eigenvalue weighted by Crippen LogP contribution is 2.35. The molecule has 21 heavy (non-hydrogen) atoms. The number of fused-ring (bicyclic) bond motifs is 1. The van der Waals surface area contributed by atoms with E-state index >= 15 is 0 Å². The van der Waals surface area contributed by atoms with Crippen molar-refractivity contribution in [2.24, 2.45) is 5.92 Å². The Kier molecular flexibility index (Phi) is 4.77. The minimum absolute atomic E-state index is 0.121. The van der Waals surface area contributed by atoms with E-state index in [1.54, 1.807) is 0 Å². The van der Waals surface area contributed by atoms with Crippen LogP contribution in [0.25, 0.3) is 10.2 Å². The van der Waals surface area contributed by atoms with E-state index in [4.69, 9.17) is 5.73 Å². The maximum absolute atomic E-state index is 12.3. The molecule has 2 rings (SSSR count). The van der Waals surface area contributed by atoms with Gasteiger partial charge in [-0.1, -0.05) is 27.7 Å². The van der Waals surface area contributed by atoms with Crippen molar-refractivity contribution in [1.82, 2.24) is 15.5 Å². The molecule has 0 aliphatic heterocycles. The topological polar surface area (TPSA) is 80.9 Å². The van der Waals surface area contributed by atoms with Crippen molar-refractivity contribution >= 4 is 33.1 Å². The number of anilines is 1. The van der Waals surface area contributed by atoms with Gasteiger partial charge in [0.1, 0.15) is 9.71 Å². The summed E-state index contributed by atoms with van der Waals surface area (Å²) in [6.07, 6.45) is 1.65. The van der Waals surface area contributed by atoms with Crippen molar-refractivity contribution in [3.63, 3.8) is 0 Å². The Morgan fingerprint density at radius 1 is 1.29 bits per heavy atom. The first-order chi connectivity index (χ1) is 9.99. The number of nitrogens with one attached hydrogen (secondary N) is 1. The van der Waals surface area contributed by atoms with Crippen LogP contribution in [0.3, 0.4) is 0 Å². The zero-order valence-corrected chi connectivity index (χ0v) is 13.8. The molecule has 0 aliphatic rings. The summed E-state index contributed by atoms with van der Waals surface area (Å²) in [5, 5.41) is 12.3. The molecule has 0 aromatic carbocycles. The lowest BCUT2D eigenvalue weighted by Crippen LogP contribution is -2.27. The van der Waals surface area contributed by atoms with Gasteiger partial charge in [-0.3, -0.25) is 4.79 Å². The first kappa shape index (κ1) is 15.7. The highest BCUT2D eigenvalue weighted by molar-refractivity contribution is 7.21. The van der Waals surface area contributed by atoms with E-state index in [1.165, 1.54) is 11.3 Å². The molecule has 5 nitrogen and oxygen atoms in total. The largest absolute Gasteiger partial charge is 0.397 e. The zero-order chi connectivity index (χ0) is 15.6. The number of nitrogen functional groups attached to an aromatic ring is 1. The van der Waals surface area contributed by atoms with Crippen molar-refractivity contribution < 1.29 is 4.79 Å². The molecule has 2 aromatic rings. The summed E-state index contributed by atoms with van der Waals surface area (Å²) in [6, 6.07) is 0. The predicted molar refractivity (Wildman–Crippen MR) is 87.8 cm³/mol. The van der Waals surface area contributed by atoms with Gasteiger partial charge in [-0.2, -0.15) is 5.10 Å². The van der Waals surface area contributed by atoms with Crippen LogP contribution in [0, 0.1) is 5.92 Å². The Balaban J connectivity index is 2.48. The van der Waals surface area contributed by atoms with E-state index in [2.05, 4.69) is 36.3 Å². The molecular formula is C15H22N4OS. The van der Waals surface area contributed by atoms with Crippen LogP contribution in [0.5, 0.6) is 0 Å². The van der Waals surface area contributed by atoms with Crippen molar-refractivity contribution in [1.29, 1.82) is 0 Å². The zero-order valence-electron chi connectivity index (χ0n) is 13.0. The van der Waals surface area contributed by atoms with Crippen LogP contribution in [0.2, 0.25) is 0 Å². The monoisotopic (exact) mass is 306 g/mol. The number of amides is 1. The van der Waals surface area contributed by atoms with Gasteiger partial charge in [-0.25, -0.2) is 0 Å². The van der Waals surface area contributed by atoms with Crippen molar-refractivity contribution in [3.8, 4) is 0 Å². The number of carbonyl (C=O) groups excluding carboxylic acids is 1. The van der Waals surface area contributed by atoms with Gasteiger partial charge in [0.15, 0.2) is 0 Å². The molecule has 0 atom stereocenters. The SMILES string of the molecule is CCc1nnc2sc(C(=O)NCC(C)C)c(N)c2c1CC. The summed E-state index contributed by atoms with van der Waals surface area (Å²) in [6.45, 7) is 8.88. The number of rotatable bonds is 5. The molecule has 2 heterocycles. The van der Waals surface area contributed by atoms with E-state index in [0.717, 1.165) is 34.3 Å². The smallest absolute Gasteiger partial charge is 0.263 e. The second kappa shape index (κ2) is 6.39. The number of aryl methyl sites for hydroxylation is 2. The van der Waals surface area contributed by atoms with Crippen molar-refractivity contribution in [2.75, 3.05) is 12.3 Å². The number of nitrogens with zero attached hydrogens (tertiary/aromatic N) is 2. The van der Waals surface area contributed by atoms with Gasteiger partial charge in [0.25, 0.3) is 5.91 Å². The molecular weight excluding hydrogens is 284 g/mol. The predicted octanol–water partition coefficient (Wildman–Crippen LogP) is 2.78. The lowest BCUT2D eigenvalue weighted by atomic mass is 10.1. The number of nitrogens with two attached hydrogens (primary N) is 1. The van der Waals surface area contributed by atoms with Gasteiger partial charge < -0.3 is 11.1 Å². The van der Waals surface area contributed by atoms with Gasteiger partial charge in [0.05, 0.1) is 11.4 Å². The lowest BCUT2D eigenvalue weighted by molar-refractivity contribution is 0.0954. The average Bonchev–Trinajstić information content (AvgIpc) is 2.81. The molecule has 0 aliphatic carbocycles. The van der Waals surface area contributed by atoms with Gasteiger partial charge in [-0.05, 0) is 24.3 Å². The molecule has 0 radical (unpaired) electrons. The third kappa shape index (κ3) is 3.00. The maximum Gasteiger partial charge on any atom is 0.263 e. The van der Waals surface area contributed by atoms with Crippen molar-refractivity contribution in [3.05, 3.63) is 16.1 Å². The number of hydrogen-bond acceptors (Lipinski definition) is 5. The minimum atomic E-state index is -0.121. The van der Waals surface area contributed by atoms with Crippen LogP contribution in [0.15, 0.2) is 0 Å². The van der Waals surface area contributed by atoms with Crippen LogP contribution >= 0.6 is 11.3 Å². The Morgan fingerprint density at radius 2 is 2.00 bits per heavy atom.